The second-order valence-corrected chi connectivity index (χ2v) is 5.54. The Labute approximate surface area is 159 Å². The summed E-state index contributed by atoms with van der Waals surface area (Å²) in [4.78, 5) is 24.3. The molecule has 0 aliphatic rings. The molecule has 1 amide bonds. The van der Waals surface area contributed by atoms with Gasteiger partial charge in [-0.1, -0.05) is 12.1 Å². The Kier molecular flexibility index (Phi) is 6.86. The number of benzene rings is 2. The monoisotopic (exact) mass is 397 g/mol. The van der Waals surface area contributed by atoms with E-state index in [0.29, 0.717) is 18.0 Å². The van der Waals surface area contributed by atoms with Crippen molar-refractivity contribution in [2.24, 2.45) is 0 Å². The van der Waals surface area contributed by atoms with Gasteiger partial charge < -0.3 is 19.5 Å². The van der Waals surface area contributed by atoms with Gasteiger partial charge in [0.1, 0.15) is 11.5 Å². The summed E-state index contributed by atoms with van der Waals surface area (Å²) in [6, 6.07) is 10.9. The van der Waals surface area contributed by atoms with Crippen molar-refractivity contribution in [1.82, 2.24) is 0 Å². The Bertz CT molecular complexity index is 821. The number of para-hydroxylation sites is 2. The van der Waals surface area contributed by atoms with Gasteiger partial charge in [0.25, 0.3) is 5.91 Å². The van der Waals surface area contributed by atoms with Gasteiger partial charge in [-0.15, -0.1) is 13.2 Å². The van der Waals surface area contributed by atoms with Crippen LogP contribution in [-0.2, 0) is 9.53 Å². The first-order chi connectivity index (χ1) is 13.2. The standard InChI is InChI=1S/C19H18F3NO5/c1-3-26-16-7-5-4-6-15(16)23-17(24)12(2)27-18(25)13-8-10-14(11-9-13)28-19(20,21)22/h4-12H,3H2,1-2H3,(H,23,24)/t12-/m0/s1. The van der Waals surface area contributed by atoms with E-state index in [0.717, 1.165) is 24.3 Å². The van der Waals surface area contributed by atoms with Crippen molar-refractivity contribution in [1.29, 1.82) is 0 Å². The number of carbonyl (C=O) groups is 2. The molecule has 0 saturated heterocycles. The number of anilines is 1. The van der Waals surface area contributed by atoms with Crippen molar-refractivity contribution in [3.8, 4) is 11.5 Å². The smallest absolute Gasteiger partial charge is 0.492 e. The van der Waals surface area contributed by atoms with Gasteiger partial charge in [0, 0.05) is 0 Å². The number of alkyl halides is 3. The lowest BCUT2D eigenvalue weighted by molar-refractivity contribution is -0.274. The lowest BCUT2D eigenvalue weighted by atomic mass is 10.2. The molecule has 6 nitrogen and oxygen atoms in total. The number of hydrogen-bond donors (Lipinski definition) is 1. The maximum absolute atomic E-state index is 12.3. The van der Waals surface area contributed by atoms with E-state index < -0.39 is 30.1 Å². The first-order valence-electron chi connectivity index (χ1n) is 8.29. The van der Waals surface area contributed by atoms with Crippen LogP contribution < -0.4 is 14.8 Å². The molecule has 28 heavy (non-hydrogen) atoms. The predicted molar refractivity (Wildman–Crippen MR) is 94.2 cm³/mol. The van der Waals surface area contributed by atoms with Gasteiger partial charge in [-0.3, -0.25) is 4.79 Å². The molecule has 0 bridgehead atoms. The van der Waals surface area contributed by atoms with Crippen LogP contribution in [0.3, 0.4) is 0 Å². The van der Waals surface area contributed by atoms with Crippen molar-refractivity contribution in [3.63, 3.8) is 0 Å². The number of esters is 1. The molecule has 9 heteroatoms. The minimum Gasteiger partial charge on any atom is -0.492 e. The van der Waals surface area contributed by atoms with Crippen molar-refractivity contribution in [2.75, 3.05) is 11.9 Å². The van der Waals surface area contributed by atoms with E-state index >= 15 is 0 Å². The number of halogens is 3. The summed E-state index contributed by atoms with van der Waals surface area (Å²) in [5.74, 6) is -1.45. The summed E-state index contributed by atoms with van der Waals surface area (Å²) < 4.78 is 50.6. The van der Waals surface area contributed by atoms with E-state index in [2.05, 4.69) is 10.1 Å². The largest absolute Gasteiger partial charge is 0.573 e. The number of carbonyl (C=O) groups excluding carboxylic acids is 2. The minimum absolute atomic E-state index is 0.0242. The van der Waals surface area contributed by atoms with E-state index in [4.69, 9.17) is 9.47 Å². The third-order valence-electron chi connectivity index (χ3n) is 3.42. The highest BCUT2D eigenvalue weighted by Crippen LogP contribution is 2.25. The lowest BCUT2D eigenvalue weighted by Gasteiger charge is -2.16. The lowest BCUT2D eigenvalue weighted by Crippen LogP contribution is -2.30. The molecule has 1 N–H and O–H groups in total. The molecular weight excluding hydrogens is 379 g/mol. The number of ether oxygens (including phenoxy) is 3. The topological polar surface area (TPSA) is 73.9 Å². The van der Waals surface area contributed by atoms with Crippen molar-refractivity contribution in [2.45, 2.75) is 26.3 Å². The molecule has 0 heterocycles. The number of nitrogens with one attached hydrogen (secondary N) is 1. The van der Waals surface area contributed by atoms with E-state index in [-0.39, 0.29) is 5.56 Å². The van der Waals surface area contributed by atoms with Gasteiger partial charge in [-0.25, -0.2) is 4.79 Å². The molecule has 0 aliphatic carbocycles. The molecule has 0 unspecified atom stereocenters. The number of hydrogen-bond acceptors (Lipinski definition) is 5. The molecule has 1 atom stereocenters. The van der Waals surface area contributed by atoms with Gasteiger partial charge in [0.05, 0.1) is 17.9 Å². The van der Waals surface area contributed by atoms with Gasteiger partial charge in [0.2, 0.25) is 0 Å². The molecule has 0 aliphatic heterocycles. The Hall–Kier alpha value is -3.23. The molecule has 2 aromatic carbocycles. The summed E-state index contributed by atoms with van der Waals surface area (Å²) in [5.41, 5.74) is 0.398. The maximum atomic E-state index is 12.3. The summed E-state index contributed by atoms with van der Waals surface area (Å²) in [6.45, 7) is 3.58. The number of amides is 1. The van der Waals surface area contributed by atoms with Crippen LogP contribution in [0.4, 0.5) is 18.9 Å². The second-order valence-electron chi connectivity index (χ2n) is 5.54. The van der Waals surface area contributed by atoms with E-state index in [1.165, 1.54) is 6.92 Å². The van der Waals surface area contributed by atoms with Gasteiger partial charge >= 0.3 is 12.3 Å². The average molecular weight is 397 g/mol. The summed E-state index contributed by atoms with van der Waals surface area (Å²) in [5, 5.41) is 2.60. The molecule has 150 valence electrons. The van der Waals surface area contributed by atoms with Gasteiger partial charge in [0.15, 0.2) is 6.10 Å². The normalized spacial score (nSPS) is 12.0. The van der Waals surface area contributed by atoms with Crippen LogP contribution >= 0.6 is 0 Å². The predicted octanol–water partition coefficient (Wildman–Crippen LogP) is 4.17. The highest BCUT2D eigenvalue weighted by Gasteiger charge is 2.31. The average Bonchev–Trinajstić information content (AvgIpc) is 2.62. The summed E-state index contributed by atoms with van der Waals surface area (Å²) in [6.07, 6.45) is -5.97. The summed E-state index contributed by atoms with van der Waals surface area (Å²) >= 11 is 0. The van der Waals surface area contributed by atoms with Gasteiger partial charge in [-0.05, 0) is 50.2 Å². The van der Waals surface area contributed by atoms with Crippen LogP contribution in [0.25, 0.3) is 0 Å². The SMILES string of the molecule is CCOc1ccccc1NC(=O)[C@H](C)OC(=O)c1ccc(OC(F)(F)F)cc1. The molecule has 0 aromatic heterocycles. The van der Waals surface area contributed by atoms with Crippen molar-refractivity contribution in [3.05, 3.63) is 54.1 Å². The zero-order valence-electron chi connectivity index (χ0n) is 15.1. The zero-order chi connectivity index (χ0) is 20.7. The van der Waals surface area contributed by atoms with E-state index in [9.17, 15) is 22.8 Å². The molecular formula is C19H18F3NO5. The van der Waals surface area contributed by atoms with Gasteiger partial charge in [-0.2, -0.15) is 0 Å². The highest BCUT2D eigenvalue weighted by molar-refractivity contribution is 5.98. The van der Waals surface area contributed by atoms with Crippen LogP contribution in [0.5, 0.6) is 11.5 Å². The Morgan fingerprint density at radius 2 is 1.71 bits per heavy atom. The van der Waals surface area contributed by atoms with Crippen molar-refractivity contribution >= 4 is 17.6 Å². The van der Waals surface area contributed by atoms with Crippen LogP contribution in [0.2, 0.25) is 0 Å². The first kappa shape index (κ1) is 21.1. The van der Waals surface area contributed by atoms with Crippen LogP contribution in [0, 0.1) is 0 Å². The summed E-state index contributed by atoms with van der Waals surface area (Å²) in [7, 11) is 0. The molecule has 0 saturated carbocycles. The van der Waals surface area contributed by atoms with E-state index in [1.54, 1.807) is 31.2 Å². The zero-order valence-corrected chi connectivity index (χ0v) is 15.1. The Balaban J connectivity index is 1.97. The maximum Gasteiger partial charge on any atom is 0.573 e. The molecule has 2 rings (SSSR count). The fourth-order valence-electron chi connectivity index (χ4n) is 2.16. The fourth-order valence-corrected chi connectivity index (χ4v) is 2.16. The molecule has 0 fully saturated rings. The fraction of sp³-hybridized carbons (Fsp3) is 0.263. The first-order valence-corrected chi connectivity index (χ1v) is 8.29. The van der Waals surface area contributed by atoms with E-state index in [1.807, 2.05) is 0 Å². The second kappa shape index (κ2) is 9.12. The molecule has 0 spiro atoms. The quantitative estimate of drug-likeness (QED) is 0.710. The Morgan fingerprint density at radius 1 is 1.07 bits per heavy atom. The van der Waals surface area contributed by atoms with Crippen LogP contribution in [-0.4, -0.2) is 30.9 Å². The molecule has 2 aromatic rings. The minimum atomic E-state index is -4.83. The third kappa shape index (κ3) is 6.19. The molecule has 0 radical (unpaired) electrons. The highest BCUT2D eigenvalue weighted by atomic mass is 19.4. The van der Waals surface area contributed by atoms with Crippen LogP contribution in [0.15, 0.2) is 48.5 Å². The van der Waals surface area contributed by atoms with Crippen LogP contribution in [0.1, 0.15) is 24.2 Å². The van der Waals surface area contributed by atoms with Crippen molar-refractivity contribution < 1.29 is 37.0 Å². The Morgan fingerprint density at radius 3 is 2.32 bits per heavy atom. The number of rotatable bonds is 7. The third-order valence-corrected chi connectivity index (χ3v) is 3.42.